The van der Waals surface area contributed by atoms with Crippen molar-refractivity contribution in [3.63, 3.8) is 0 Å². The smallest absolute Gasteiger partial charge is 0.273 e. The van der Waals surface area contributed by atoms with E-state index >= 15 is 0 Å². The molecule has 0 saturated heterocycles. The van der Waals surface area contributed by atoms with Gasteiger partial charge >= 0.3 is 0 Å². The minimum Gasteiger partial charge on any atom is -0.420 e. The van der Waals surface area contributed by atoms with Crippen molar-refractivity contribution in [3.05, 3.63) is 47.9 Å². The highest BCUT2D eigenvalue weighted by atomic mass is 32.2. The van der Waals surface area contributed by atoms with Crippen LogP contribution in [0.15, 0.2) is 45.0 Å². The molecule has 2 aliphatic rings. The molecular formula is C19H19N3O3S2. The molecule has 1 aromatic carbocycles. The van der Waals surface area contributed by atoms with E-state index in [4.69, 9.17) is 4.42 Å². The van der Waals surface area contributed by atoms with Crippen molar-refractivity contribution >= 4 is 27.0 Å². The predicted molar refractivity (Wildman–Crippen MR) is 103 cm³/mol. The Kier molecular flexibility index (Phi) is 4.05. The van der Waals surface area contributed by atoms with Crippen LogP contribution in [-0.4, -0.2) is 25.2 Å². The number of anilines is 1. The molecule has 3 aromatic rings. The Labute approximate surface area is 161 Å². The molecule has 0 unspecified atom stereocenters. The number of rotatable bonds is 4. The molecule has 0 radical (unpaired) electrons. The molecule has 0 N–H and O–H groups in total. The van der Waals surface area contributed by atoms with E-state index in [1.807, 2.05) is 24.3 Å². The summed E-state index contributed by atoms with van der Waals surface area (Å²) in [5.74, 6) is 1.43. The molecule has 0 spiro atoms. The number of benzene rings is 1. The Bertz CT molecular complexity index is 1080. The standard InChI is InChI=1S/C19H19N3O3S2/c23-27(24,22-12-4-8-13-5-1-2-9-15(13)22)17-11-10-16(26-17)19-21-20-18(25-19)14-6-3-7-14/h1-2,5,9-11,14H,3-4,6-8,12H2. The summed E-state index contributed by atoms with van der Waals surface area (Å²) in [4.78, 5) is 0.692. The van der Waals surface area contributed by atoms with Crippen molar-refractivity contribution in [2.75, 3.05) is 10.8 Å². The number of nitrogens with zero attached hydrogens (tertiary/aromatic N) is 3. The first-order chi connectivity index (χ1) is 13.1. The van der Waals surface area contributed by atoms with Crippen molar-refractivity contribution in [1.82, 2.24) is 10.2 Å². The van der Waals surface area contributed by atoms with Crippen LogP contribution in [0.2, 0.25) is 0 Å². The molecule has 1 fully saturated rings. The largest absolute Gasteiger partial charge is 0.420 e. The van der Waals surface area contributed by atoms with Crippen LogP contribution in [0.4, 0.5) is 5.69 Å². The molecule has 3 heterocycles. The highest BCUT2D eigenvalue weighted by Gasteiger charge is 2.31. The van der Waals surface area contributed by atoms with Crippen molar-refractivity contribution < 1.29 is 12.8 Å². The molecule has 1 aliphatic carbocycles. The van der Waals surface area contributed by atoms with Crippen LogP contribution in [-0.2, 0) is 16.4 Å². The minimum atomic E-state index is -3.60. The lowest BCUT2D eigenvalue weighted by Crippen LogP contribution is -2.35. The Balaban J connectivity index is 1.46. The first-order valence-corrected chi connectivity index (χ1v) is 11.4. The van der Waals surface area contributed by atoms with Gasteiger partial charge in [0.25, 0.3) is 15.9 Å². The Morgan fingerprint density at radius 2 is 1.93 bits per heavy atom. The summed E-state index contributed by atoms with van der Waals surface area (Å²) in [6.07, 6.45) is 5.09. The lowest BCUT2D eigenvalue weighted by Gasteiger charge is -2.29. The molecule has 5 rings (SSSR count). The Hall–Kier alpha value is -2.19. The van der Waals surface area contributed by atoms with Gasteiger partial charge in [-0.1, -0.05) is 24.6 Å². The van der Waals surface area contributed by atoms with Crippen LogP contribution in [0.1, 0.15) is 43.1 Å². The minimum absolute atomic E-state index is 0.303. The second kappa shape index (κ2) is 6.45. The molecule has 2 aromatic heterocycles. The van der Waals surface area contributed by atoms with E-state index in [0.29, 0.717) is 33.3 Å². The van der Waals surface area contributed by atoms with Crippen LogP contribution < -0.4 is 4.31 Å². The van der Waals surface area contributed by atoms with Gasteiger partial charge in [0.15, 0.2) is 0 Å². The molecule has 1 saturated carbocycles. The van der Waals surface area contributed by atoms with Gasteiger partial charge in [-0.25, -0.2) is 8.42 Å². The van der Waals surface area contributed by atoms with E-state index in [-0.39, 0.29) is 0 Å². The van der Waals surface area contributed by atoms with Gasteiger partial charge in [0.05, 0.1) is 10.6 Å². The first kappa shape index (κ1) is 16.9. The van der Waals surface area contributed by atoms with Crippen molar-refractivity contribution in [1.29, 1.82) is 0 Å². The number of thiophene rings is 1. The van der Waals surface area contributed by atoms with E-state index in [9.17, 15) is 8.42 Å². The number of hydrogen-bond acceptors (Lipinski definition) is 6. The molecule has 0 atom stereocenters. The highest BCUT2D eigenvalue weighted by molar-refractivity contribution is 7.94. The van der Waals surface area contributed by atoms with E-state index in [1.54, 1.807) is 12.1 Å². The fraction of sp³-hybridized carbons (Fsp3) is 0.368. The average molecular weight is 402 g/mol. The topological polar surface area (TPSA) is 76.3 Å². The van der Waals surface area contributed by atoms with Crippen molar-refractivity contribution in [3.8, 4) is 10.8 Å². The summed E-state index contributed by atoms with van der Waals surface area (Å²) < 4.78 is 34.1. The maximum absolute atomic E-state index is 13.2. The molecule has 0 bridgehead atoms. The highest BCUT2D eigenvalue weighted by Crippen LogP contribution is 2.39. The quantitative estimate of drug-likeness (QED) is 0.655. The zero-order valence-corrected chi connectivity index (χ0v) is 16.3. The van der Waals surface area contributed by atoms with Gasteiger partial charge in [-0.2, -0.15) is 0 Å². The van der Waals surface area contributed by atoms with Gasteiger partial charge in [0, 0.05) is 12.5 Å². The van der Waals surface area contributed by atoms with Crippen LogP contribution in [0.3, 0.4) is 0 Å². The summed E-state index contributed by atoms with van der Waals surface area (Å²) in [6.45, 7) is 0.499. The molecule has 140 valence electrons. The van der Waals surface area contributed by atoms with Gasteiger partial charge in [-0.3, -0.25) is 4.31 Å². The normalized spacial score (nSPS) is 17.6. The molecule has 8 heteroatoms. The third-order valence-corrected chi connectivity index (χ3v) is 8.65. The number of sulfonamides is 1. The van der Waals surface area contributed by atoms with Crippen molar-refractivity contribution in [2.45, 2.75) is 42.2 Å². The van der Waals surface area contributed by atoms with Crippen LogP contribution in [0, 0.1) is 0 Å². The zero-order valence-electron chi connectivity index (χ0n) is 14.7. The number of para-hydroxylation sites is 1. The third-order valence-electron chi connectivity index (χ3n) is 5.30. The van der Waals surface area contributed by atoms with Gasteiger partial charge in [0.2, 0.25) is 5.89 Å². The zero-order chi connectivity index (χ0) is 18.4. The first-order valence-electron chi connectivity index (χ1n) is 9.17. The van der Waals surface area contributed by atoms with E-state index in [1.165, 1.54) is 22.1 Å². The lowest BCUT2D eigenvalue weighted by atomic mass is 9.85. The molecule has 1 aliphatic heterocycles. The fourth-order valence-corrected chi connectivity index (χ4v) is 6.47. The average Bonchev–Trinajstić information content (AvgIpc) is 3.29. The predicted octanol–water partition coefficient (Wildman–Crippen LogP) is 4.21. The van der Waals surface area contributed by atoms with Crippen molar-refractivity contribution in [2.24, 2.45) is 0 Å². The second-order valence-corrected chi connectivity index (χ2v) is 10.2. The van der Waals surface area contributed by atoms with Crippen LogP contribution in [0.25, 0.3) is 10.8 Å². The summed E-state index contributed by atoms with van der Waals surface area (Å²) >= 11 is 1.19. The Morgan fingerprint density at radius 3 is 2.74 bits per heavy atom. The summed E-state index contributed by atoms with van der Waals surface area (Å²) in [7, 11) is -3.60. The second-order valence-electron chi connectivity index (χ2n) is 7.00. The number of aryl methyl sites for hydroxylation is 1. The van der Waals surface area contributed by atoms with Gasteiger partial charge in [-0.05, 0) is 49.4 Å². The van der Waals surface area contributed by atoms with E-state index in [2.05, 4.69) is 10.2 Å². The summed E-state index contributed by atoms with van der Waals surface area (Å²) in [6, 6.07) is 11.1. The fourth-order valence-electron chi connectivity index (χ4n) is 3.59. The third kappa shape index (κ3) is 2.87. The van der Waals surface area contributed by atoms with Crippen LogP contribution in [0.5, 0.6) is 0 Å². The summed E-state index contributed by atoms with van der Waals surface area (Å²) in [5, 5.41) is 8.25. The number of aromatic nitrogens is 2. The van der Waals surface area contributed by atoms with E-state index < -0.39 is 10.0 Å². The Morgan fingerprint density at radius 1 is 1.07 bits per heavy atom. The number of fused-ring (bicyclic) bond motifs is 1. The SMILES string of the molecule is O=S(=O)(c1ccc(-c2nnc(C3CCC3)o2)s1)N1CCCc2ccccc21. The lowest BCUT2D eigenvalue weighted by molar-refractivity contribution is 0.338. The van der Waals surface area contributed by atoms with E-state index in [0.717, 1.165) is 36.9 Å². The van der Waals surface area contributed by atoms with Gasteiger partial charge in [0.1, 0.15) is 4.21 Å². The molecule has 0 amide bonds. The summed E-state index contributed by atoms with van der Waals surface area (Å²) in [5.41, 5.74) is 1.86. The van der Waals surface area contributed by atoms with Crippen LogP contribution >= 0.6 is 11.3 Å². The molecular weight excluding hydrogens is 382 g/mol. The monoisotopic (exact) mass is 401 g/mol. The van der Waals surface area contributed by atoms with Gasteiger partial charge < -0.3 is 4.42 Å². The maximum Gasteiger partial charge on any atom is 0.273 e. The maximum atomic E-state index is 13.2. The van der Waals surface area contributed by atoms with Gasteiger partial charge in [-0.15, -0.1) is 21.5 Å². The molecule has 27 heavy (non-hydrogen) atoms. The molecule has 6 nitrogen and oxygen atoms in total. The number of hydrogen-bond donors (Lipinski definition) is 0.